The topological polar surface area (TPSA) is 12.0 Å². The molecule has 0 fully saturated rings. The van der Waals surface area contributed by atoms with Gasteiger partial charge in [-0.25, -0.2) is 0 Å². The third-order valence-electron chi connectivity index (χ3n) is 3.41. The van der Waals surface area contributed by atoms with E-state index in [1.54, 1.807) is 0 Å². The van der Waals surface area contributed by atoms with Crippen molar-refractivity contribution in [3.8, 4) is 11.1 Å². The Morgan fingerprint density at radius 1 is 0.714 bits per heavy atom. The van der Waals surface area contributed by atoms with Gasteiger partial charge in [0.15, 0.2) is 0 Å². The van der Waals surface area contributed by atoms with Crippen LogP contribution in [0.3, 0.4) is 0 Å². The first-order chi connectivity index (χ1) is 10.3. The van der Waals surface area contributed by atoms with Crippen LogP contribution in [-0.4, -0.2) is 0 Å². The second-order valence-corrected chi connectivity index (χ2v) is 6.14. The van der Waals surface area contributed by atoms with Gasteiger partial charge in [0.25, 0.3) is 0 Å². The van der Waals surface area contributed by atoms with Crippen LogP contribution in [0.4, 0.5) is 5.69 Å². The zero-order valence-electron chi connectivity index (χ0n) is 11.6. The summed E-state index contributed by atoms with van der Waals surface area (Å²) >= 11 is 2.33. The standard InChI is InChI=1S/C19H16IN/c20-17-12-10-15(11-13-17)14-21-19-9-5-4-8-18(19)16-6-2-1-3-7-16/h1-13,21H,14H2. The molecule has 21 heavy (non-hydrogen) atoms. The molecule has 0 aliphatic carbocycles. The van der Waals surface area contributed by atoms with E-state index in [1.165, 1.54) is 25.9 Å². The summed E-state index contributed by atoms with van der Waals surface area (Å²) in [6, 6.07) is 27.5. The maximum Gasteiger partial charge on any atom is 0.0422 e. The van der Waals surface area contributed by atoms with Crippen molar-refractivity contribution >= 4 is 28.3 Å². The summed E-state index contributed by atoms with van der Waals surface area (Å²) in [6.07, 6.45) is 0. The molecule has 0 bridgehead atoms. The van der Waals surface area contributed by atoms with Crippen molar-refractivity contribution < 1.29 is 0 Å². The minimum Gasteiger partial charge on any atom is -0.380 e. The van der Waals surface area contributed by atoms with Crippen LogP contribution < -0.4 is 5.32 Å². The van der Waals surface area contributed by atoms with E-state index < -0.39 is 0 Å². The van der Waals surface area contributed by atoms with Gasteiger partial charge in [-0.1, -0.05) is 60.7 Å². The molecule has 0 heterocycles. The van der Waals surface area contributed by atoms with Crippen molar-refractivity contribution in [1.82, 2.24) is 0 Å². The SMILES string of the molecule is Ic1ccc(CNc2ccccc2-c2ccccc2)cc1. The molecule has 0 unspecified atom stereocenters. The van der Waals surface area contributed by atoms with Crippen molar-refractivity contribution in [3.05, 3.63) is 88.0 Å². The lowest BCUT2D eigenvalue weighted by molar-refractivity contribution is 1.15. The Balaban J connectivity index is 1.81. The van der Waals surface area contributed by atoms with Gasteiger partial charge in [-0.2, -0.15) is 0 Å². The molecule has 3 aromatic carbocycles. The second-order valence-electron chi connectivity index (χ2n) is 4.89. The molecular weight excluding hydrogens is 369 g/mol. The van der Waals surface area contributed by atoms with Gasteiger partial charge < -0.3 is 5.32 Å². The predicted octanol–water partition coefficient (Wildman–Crippen LogP) is 5.57. The third kappa shape index (κ3) is 3.64. The number of hydrogen-bond acceptors (Lipinski definition) is 1. The first kappa shape index (κ1) is 14.1. The van der Waals surface area contributed by atoms with Crippen molar-refractivity contribution in [2.45, 2.75) is 6.54 Å². The molecule has 0 radical (unpaired) electrons. The van der Waals surface area contributed by atoms with Gasteiger partial charge >= 0.3 is 0 Å². The molecule has 1 N–H and O–H groups in total. The number of para-hydroxylation sites is 1. The molecule has 2 heteroatoms. The Labute approximate surface area is 139 Å². The van der Waals surface area contributed by atoms with Crippen LogP contribution in [0.2, 0.25) is 0 Å². The average Bonchev–Trinajstić information content (AvgIpc) is 2.55. The van der Waals surface area contributed by atoms with Crippen LogP contribution in [0.15, 0.2) is 78.9 Å². The normalized spacial score (nSPS) is 10.3. The molecule has 1 nitrogen and oxygen atoms in total. The lowest BCUT2D eigenvalue weighted by atomic mass is 10.0. The smallest absolute Gasteiger partial charge is 0.0422 e. The Kier molecular flexibility index (Phi) is 4.55. The van der Waals surface area contributed by atoms with E-state index in [4.69, 9.17) is 0 Å². The number of hydrogen-bond donors (Lipinski definition) is 1. The molecule has 0 atom stereocenters. The molecule has 3 rings (SSSR count). The summed E-state index contributed by atoms with van der Waals surface area (Å²) in [5, 5.41) is 3.55. The van der Waals surface area contributed by atoms with Crippen molar-refractivity contribution in [2.75, 3.05) is 5.32 Å². The van der Waals surface area contributed by atoms with E-state index in [-0.39, 0.29) is 0 Å². The van der Waals surface area contributed by atoms with Crippen LogP contribution in [0, 0.1) is 3.57 Å². The second kappa shape index (κ2) is 6.76. The fourth-order valence-corrected chi connectivity index (χ4v) is 2.67. The van der Waals surface area contributed by atoms with Gasteiger partial charge in [0, 0.05) is 21.4 Å². The van der Waals surface area contributed by atoms with E-state index in [2.05, 4.69) is 101 Å². The zero-order chi connectivity index (χ0) is 14.5. The molecule has 0 saturated heterocycles. The minimum atomic E-state index is 0.834. The summed E-state index contributed by atoms with van der Waals surface area (Å²) in [7, 11) is 0. The summed E-state index contributed by atoms with van der Waals surface area (Å²) in [4.78, 5) is 0. The van der Waals surface area contributed by atoms with Crippen molar-refractivity contribution in [3.63, 3.8) is 0 Å². The zero-order valence-corrected chi connectivity index (χ0v) is 13.7. The maximum absolute atomic E-state index is 3.55. The largest absolute Gasteiger partial charge is 0.380 e. The van der Waals surface area contributed by atoms with Crippen LogP contribution >= 0.6 is 22.6 Å². The lowest BCUT2D eigenvalue weighted by Gasteiger charge is -2.12. The highest BCUT2D eigenvalue weighted by Gasteiger charge is 2.03. The number of halogens is 1. The summed E-state index contributed by atoms with van der Waals surface area (Å²) in [5.74, 6) is 0. The van der Waals surface area contributed by atoms with E-state index in [9.17, 15) is 0 Å². The van der Waals surface area contributed by atoms with Crippen molar-refractivity contribution in [2.24, 2.45) is 0 Å². The summed E-state index contributed by atoms with van der Waals surface area (Å²) in [5.41, 5.74) is 4.94. The highest BCUT2D eigenvalue weighted by molar-refractivity contribution is 14.1. The van der Waals surface area contributed by atoms with Crippen LogP contribution in [0.5, 0.6) is 0 Å². The van der Waals surface area contributed by atoms with E-state index >= 15 is 0 Å². The summed E-state index contributed by atoms with van der Waals surface area (Å²) < 4.78 is 1.26. The Morgan fingerprint density at radius 2 is 1.38 bits per heavy atom. The van der Waals surface area contributed by atoms with Crippen LogP contribution in [-0.2, 0) is 6.54 Å². The molecule has 0 saturated carbocycles. The molecular formula is C19H16IN. The van der Waals surface area contributed by atoms with Crippen molar-refractivity contribution in [1.29, 1.82) is 0 Å². The summed E-state index contributed by atoms with van der Waals surface area (Å²) in [6.45, 7) is 0.834. The molecule has 0 spiro atoms. The van der Waals surface area contributed by atoms with Gasteiger partial charge in [0.05, 0.1) is 0 Å². The lowest BCUT2D eigenvalue weighted by Crippen LogP contribution is -2.00. The Hall–Kier alpha value is -1.81. The molecule has 104 valence electrons. The van der Waals surface area contributed by atoms with Crippen LogP contribution in [0.25, 0.3) is 11.1 Å². The van der Waals surface area contributed by atoms with E-state index in [0.717, 1.165) is 6.54 Å². The average molecular weight is 385 g/mol. The number of rotatable bonds is 4. The number of anilines is 1. The fourth-order valence-electron chi connectivity index (χ4n) is 2.31. The van der Waals surface area contributed by atoms with Gasteiger partial charge in [-0.05, 0) is 51.9 Å². The van der Waals surface area contributed by atoms with Gasteiger partial charge in [-0.3, -0.25) is 0 Å². The number of benzene rings is 3. The monoisotopic (exact) mass is 385 g/mol. The van der Waals surface area contributed by atoms with E-state index in [1.807, 2.05) is 6.07 Å². The first-order valence-corrected chi connectivity index (χ1v) is 8.03. The molecule has 3 aromatic rings. The molecule has 0 aliphatic rings. The quantitative estimate of drug-likeness (QED) is 0.579. The predicted molar refractivity (Wildman–Crippen MR) is 98.4 cm³/mol. The molecule has 0 aromatic heterocycles. The highest BCUT2D eigenvalue weighted by atomic mass is 127. The molecule has 0 aliphatic heterocycles. The Bertz CT molecular complexity index is 705. The maximum atomic E-state index is 3.55. The molecule has 0 amide bonds. The third-order valence-corrected chi connectivity index (χ3v) is 4.13. The van der Waals surface area contributed by atoms with E-state index in [0.29, 0.717) is 0 Å². The number of nitrogens with one attached hydrogen (secondary N) is 1. The first-order valence-electron chi connectivity index (χ1n) is 6.96. The van der Waals surface area contributed by atoms with Gasteiger partial charge in [-0.15, -0.1) is 0 Å². The minimum absolute atomic E-state index is 0.834. The van der Waals surface area contributed by atoms with Gasteiger partial charge in [0.2, 0.25) is 0 Å². The van der Waals surface area contributed by atoms with Crippen LogP contribution in [0.1, 0.15) is 5.56 Å². The Morgan fingerprint density at radius 3 is 2.14 bits per heavy atom. The fraction of sp³-hybridized carbons (Fsp3) is 0.0526. The van der Waals surface area contributed by atoms with Gasteiger partial charge in [0.1, 0.15) is 0 Å². The highest BCUT2D eigenvalue weighted by Crippen LogP contribution is 2.27.